The van der Waals surface area contributed by atoms with Gasteiger partial charge < -0.3 is 19.9 Å². The van der Waals surface area contributed by atoms with E-state index in [4.69, 9.17) is 4.74 Å². The molecular weight excluding hydrogens is 437 g/mol. The molecule has 1 fully saturated rings. The highest BCUT2D eigenvalue weighted by Gasteiger charge is 2.31. The van der Waals surface area contributed by atoms with Gasteiger partial charge in [0.2, 0.25) is 5.91 Å². The molecule has 2 N–H and O–H groups in total. The number of amides is 1. The van der Waals surface area contributed by atoms with Gasteiger partial charge in [-0.1, -0.05) is 12.1 Å². The molecule has 3 aromatic rings. The maximum atomic E-state index is 13.2. The maximum Gasteiger partial charge on any atom is 0.416 e. The smallest absolute Gasteiger partial charge is 0.370 e. The van der Waals surface area contributed by atoms with Crippen molar-refractivity contribution in [2.24, 2.45) is 0 Å². The SMILES string of the molecule is O=C(COCc1nc2ccccc2c(=O)[nH]1)Nc1cc(C(F)(F)F)ccc1N1CCCCC1. The largest absolute Gasteiger partial charge is 0.416 e. The standard InChI is InChI=1S/C23H23F3N4O3/c24-23(25,26)15-8-9-19(30-10-4-1-5-11-30)18(12-15)28-21(31)14-33-13-20-27-17-7-3-2-6-16(17)22(32)29-20/h2-3,6-9,12H,1,4-5,10-11,13-14H2,(H,28,31)(H,27,29,32). The summed E-state index contributed by atoms with van der Waals surface area (Å²) in [6.45, 7) is 0.888. The highest BCUT2D eigenvalue weighted by Crippen LogP contribution is 2.36. The minimum Gasteiger partial charge on any atom is -0.370 e. The first-order chi connectivity index (χ1) is 15.8. The predicted molar refractivity (Wildman–Crippen MR) is 118 cm³/mol. The van der Waals surface area contributed by atoms with Crippen molar-refractivity contribution < 1.29 is 22.7 Å². The number of H-pyrrole nitrogens is 1. The van der Waals surface area contributed by atoms with E-state index in [9.17, 15) is 22.8 Å². The highest BCUT2D eigenvalue weighted by molar-refractivity contribution is 5.95. The second-order valence-electron chi connectivity index (χ2n) is 7.85. The number of hydrogen-bond donors (Lipinski definition) is 2. The third-order valence-corrected chi connectivity index (χ3v) is 5.43. The Morgan fingerprint density at radius 1 is 1.12 bits per heavy atom. The average molecular weight is 460 g/mol. The Kier molecular flexibility index (Phi) is 6.64. The van der Waals surface area contributed by atoms with Crippen LogP contribution in [0.15, 0.2) is 47.3 Å². The number of nitrogens with zero attached hydrogens (tertiary/aromatic N) is 2. The molecule has 4 rings (SSSR count). The third-order valence-electron chi connectivity index (χ3n) is 5.43. The molecule has 1 aromatic heterocycles. The predicted octanol–water partition coefficient (Wildman–Crippen LogP) is 4.09. The summed E-state index contributed by atoms with van der Waals surface area (Å²) in [5.74, 6) is -0.352. The van der Waals surface area contributed by atoms with Crippen molar-refractivity contribution in [1.82, 2.24) is 9.97 Å². The third kappa shape index (κ3) is 5.51. The molecule has 33 heavy (non-hydrogen) atoms. The number of nitrogens with one attached hydrogen (secondary N) is 2. The van der Waals surface area contributed by atoms with E-state index >= 15 is 0 Å². The lowest BCUT2D eigenvalue weighted by Crippen LogP contribution is -2.31. The molecule has 174 valence electrons. The Morgan fingerprint density at radius 2 is 1.88 bits per heavy atom. The molecule has 0 spiro atoms. The first-order valence-corrected chi connectivity index (χ1v) is 10.6. The number of piperidine rings is 1. The van der Waals surface area contributed by atoms with Gasteiger partial charge in [-0.05, 0) is 49.6 Å². The minimum atomic E-state index is -4.52. The minimum absolute atomic E-state index is 0.0950. The lowest BCUT2D eigenvalue weighted by molar-refractivity contribution is -0.137. The van der Waals surface area contributed by atoms with Crippen molar-refractivity contribution in [2.45, 2.75) is 32.0 Å². The fraction of sp³-hybridized carbons (Fsp3) is 0.348. The van der Waals surface area contributed by atoms with Crippen molar-refractivity contribution in [1.29, 1.82) is 0 Å². The van der Waals surface area contributed by atoms with E-state index in [0.29, 0.717) is 29.7 Å². The molecule has 7 nitrogen and oxygen atoms in total. The van der Waals surface area contributed by atoms with Gasteiger partial charge in [-0.2, -0.15) is 13.2 Å². The summed E-state index contributed by atoms with van der Waals surface area (Å²) in [7, 11) is 0. The number of hydrogen-bond acceptors (Lipinski definition) is 5. The average Bonchev–Trinajstić information content (AvgIpc) is 2.79. The zero-order valence-corrected chi connectivity index (χ0v) is 17.7. The fourth-order valence-corrected chi connectivity index (χ4v) is 3.85. The van der Waals surface area contributed by atoms with E-state index in [0.717, 1.165) is 31.4 Å². The Balaban J connectivity index is 1.44. The lowest BCUT2D eigenvalue weighted by Gasteiger charge is -2.31. The van der Waals surface area contributed by atoms with Crippen molar-refractivity contribution in [3.63, 3.8) is 0 Å². The first-order valence-electron chi connectivity index (χ1n) is 10.6. The van der Waals surface area contributed by atoms with Crippen LogP contribution in [0.5, 0.6) is 0 Å². The molecule has 1 aliphatic heterocycles. The number of fused-ring (bicyclic) bond motifs is 1. The Bertz CT molecular complexity index is 1200. The van der Waals surface area contributed by atoms with Gasteiger partial charge in [-0.3, -0.25) is 9.59 Å². The van der Waals surface area contributed by atoms with Crippen molar-refractivity contribution >= 4 is 28.2 Å². The number of anilines is 2. The number of halogens is 3. The van der Waals surface area contributed by atoms with Crippen molar-refractivity contribution in [3.8, 4) is 0 Å². The first kappa shape index (κ1) is 22.8. The van der Waals surface area contributed by atoms with E-state index in [2.05, 4.69) is 15.3 Å². The zero-order valence-electron chi connectivity index (χ0n) is 17.7. The number of aromatic nitrogens is 2. The van der Waals surface area contributed by atoms with Gasteiger partial charge >= 0.3 is 6.18 Å². The summed E-state index contributed by atoms with van der Waals surface area (Å²) in [5.41, 5.74) is -0.00946. The molecule has 0 unspecified atom stereocenters. The number of rotatable bonds is 6. The molecule has 1 amide bonds. The van der Waals surface area contributed by atoms with Crippen molar-refractivity contribution in [2.75, 3.05) is 29.9 Å². The Hall–Kier alpha value is -3.40. The Labute approximate surface area is 187 Å². The van der Waals surface area contributed by atoms with Crippen LogP contribution >= 0.6 is 0 Å². The molecule has 10 heteroatoms. The number of para-hydroxylation sites is 1. The van der Waals surface area contributed by atoms with Crippen LogP contribution in [0.4, 0.5) is 24.5 Å². The lowest BCUT2D eigenvalue weighted by atomic mass is 10.1. The number of carbonyl (C=O) groups is 1. The molecule has 0 radical (unpaired) electrons. The summed E-state index contributed by atoms with van der Waals surface area (Å²) < 4.78 is 45.0. The molecule has 1 aliphatic rings. The van der Waals surface area contributed by atoms with Crippen LogP contribution in [0.1, 0.15) is 30.7 Å². The van der Waals surface area contributed by atoms with Gasteiger partial charge in [-0.25, -0.2) is 4.98 Å². The Morgan fingerprint density at radius 3 is 2.64 bits per heavy atom. The van der Waals surface area contributed by atoms with E-state index in [1.807, 2.05) is 4.90 Å². The number of aromatic amines is 1. The normalized spacial score (nSPS) is 14.5. The van der Waals surface area contributed by atoms with Gasteiger partial charge in [0.15, 0.2) is 0 Å². The molecule has 0 bridgehead atoms. The van der Waals surface area contributed by atoms with Crippen molar-refractivity contribution in [3.05, 3.63) is 64.2 Å². The highest BCUT2D eigenvalue weighted by atomic mass is 19.4. The van der Waals surface area contributed by atoms with Gasteiger partial charge in [0.25, 0.3) is 5.56 Å². The summed E-state index contributed by atoms with van der Waals surface area (Å²) in [6, 6.07) is 10.2. The summed E-state index contributed by atoms with van der Waals surface area (Å²) >= 11 is 0. The maximum absolute atomic E-state index is 13.2. The van der Waals surface area contributed by atoms with Crippen LogP contribution in [-0.2, 0) is 22.3 Å². The molecule has 0 saturated carbocycles. The van der Waals surface area contributed by atoms with E-state index in [1.54, 1.807) is 24.3 Å². The quantitative estimate of drug-likeness (QED) is 0.579. The van der Waals surface area contributed by atoms with Crippen LogP contribution in [0.25, 0.3) is 10.9 Å². The summed E-state index contributed by atoms with van der Waals surface area (Å²) in [5, 5.41) is 2.99. The molecule has 1 saturated heterocycles. The number of carbonyl (C=O) groups excluding carboxylic acids is 1. The topological polar surface area (TPSA) is 87.3 Å². The van der Waals surface area contributed by atoms with Crippen LogP contribution in [0.3, 0.4) is 0 Å². The molecule has 0 aliphatic carbocycles. The molecular formula is C23H23F3N4O3. The number of benzene rings is 2. The van der Waals surface area contributed by atoms with E-state index < -0.39 is 24.3 Å². The summed E-state index contributed by atoms with van der Waals surface area (Å²) in [4.78, 5) is 33.4. The fourth-order valence-electron chi connectivity index (χ4n) is 3.85. The second kappa shape index (κ2) is 9.62. The van der Waals surface area contributed by atoms with Crippen LogP contribution in [0.2, 0.25) is 0 Å². The number of ether oxygens (including phenoxy) is 1. The molecule has 2 aromatic carbocycles. The van der Waals surface area contributed by atoms with E-state index in [1.165, 1.54) is 6.07 Å². The van der Waals surface area contributed by atoms with Crippen LogP contribution in [0, 0.1) is 0 Å². The monoisotopic (exact) mass is 460 g/mol. The van der Waals surface area contributed by atoms with Gasteiger partial charge in [0.1, 0.15) is 19.0 Å². The van der Waals surface area contributed by atoms with Crippen LogP contribution < -0.4 is 15.8 Å². The van der Waals surface area contributed by atoms with E-state index in [-0.39, 0.29) is 23.7 Å². The number of alkyl halides is 3. The molecule has 0 atom stereocenters. The zero-order chi connectivity index (χ0) is 23.4. The molecule has 2 heterocycles. The van der Waals surface area contributed by atoms with Gasteiger partial charge in [-0.15, -0.1) is 0 Å². The van der Waals surface area contributed by atoms with Gasteiger partial charge in [0, 0.05) is 13.1 Å². The second-order valence-corrected chi connectivity index (χ2v) is 7.85. The van der Waals surface area contributed by atoms with Crippen LogP contribution in [-0.4, -0.2) is 35.6 Å². The van der Waals surface area contributed by atoms with Gasteiger partial charge in [0.05, 0.1) is 27.8 Å². The summed E-state index contributed by atoms with van der Waals surface area (Å²) in [6.07, 6.45) is -1.58.